The first kappa shape index (κ1) is 22.0. The fourth-order valence-corrected chi connectivity index (χ4v) is 5.55. The lowest BCUT2D eigenvalue weighted by Gasteiger charge is -2.34. The van der Waals surface area contributed by atoms with Gasteiger partial charge in [0.15, 0.2) is 0 Å². The third kappa shape index (κ3) is 4.38. The van der Waals surface area contributed by atoms with Gasteiger partial charge in [-0.2, -0.15) is 0 Å². The van der Waals surface area contributed by atoms with E-state index < -0.39 is 5.82 Å². The molecule has 2 amide bonds. The first-order chi connectivity index (χ1) is 16.0. The molecular formula is C25H30FN5O2. The summed E-state index contributed by atoms with van der Waals surface area (Å²) < 4.78 is 14.7. The molecular weight excluding hydrogens is 421 g/mol. The lowest BCUT2D eigenvalue weighted by atomic mass is 9.88. The normalized spacial score (nSPS) is 24.8. The van der Waals surface area contributed by atoms with Gasteiger partial charge in [0.05, 0.1) is 11.6 Å². The van der Waals surface area contributed by atoms with Gasteiger partial charge in [0.1, 0.15) is 5.82 Å². The summed E-state index contributed by atoms with van der Waals surface area (Å²) in [4.78, 5) is 29.6. The van der Waals surface area contributed by atoms with Crippen molar-refractivity contribution in [3.63, 3.8) is 0 Å². The predicted molar refractivity (Wildman–Crippen MR) is 123 cm³/mol. The Morgan fingerprint density at radius 2 is 1.94 bits per heavy atom. The standard InChI is InChI=1S/C25H30FN5O2/c26-22-6-5-16(12-23-19-3-1-2-4-20(19)24(32)29-28-23)11-21(22)25(33)31-9-7-17-13-30(10-8-27)14-18(17)15-31/h1-6,11,17-18,23,28H,7-10,12-15,27H2,(H,29,32). The van der Waals surface area contributed by atoms with Gasteiger partial charge in [-0.1, -0.05) is 24.3 Å². The van der Waals surface area contributed by atoms with Gasteiger partial charge < -0.3 is 15.5 Å². The molecule has 0 saturated carbocycles. The van der Waals surface area contributed by atoms with Gasteiger partial charge in [-0.05, 0) is 54.0 Å². The molecule has 3 unspecified atom stereocenters. The monoisotopic (exact) mass is 451 g/mol. The van der Waals surface area contributed by atoms with Crippen LogP contribution in [-0.4, -0.2) is 60.9 Å². The average Bonchev–Trinajstić information content (AvgIpc) is 3.23. The molecule has 0 aromatic heterocycles. The van der Waals surface area contributed by atoms with Crippen molar-refractivity contribution in [1.29, 1.82) is 0 Å². The molecule has 5 rings (SSSR count). The number of nitrogens with one attached hydrogen (secondary N) is 2. The first-order valence-electron chi connectivity index (χ1n) is 11.7. The third-order valence-corrected chi connectivity index (χ3v) is 7.25. The summed E-state index contributed by atoms with van der Waals surface area (Å²) in [5, 5.41) is 0. The summed E-state index contributed by atoms with van der Waals surface area (Å²) >= 11 is 0. The smallest absolute Gasteiger partial charge is 0.265 e. The number of hydrogen-bond donors (Lipinski definition) is 3. The number of likely N-dealkylation sites (tertiary alicyclic amines) is 2. The number of nitrogens with two attached hydrogens (primary N) is 1. The van der Waals surface area contributed by atoms with Crippen LogP contribution in [0.1, 0.15) is 44.3 Å². The Morgan fingerprint density at radius 3 is 2.79 bits per heavy atom. The molecule has 8 heteroatoms. The molecule has 0 aliphatic carbocycles. The van der Waals surface area contributed by atoms with Crippen LogP contribution in [-0.2, 0) is 6.42 Å². The molecule has 33 heavy (non-hydrogen) atoms. The number of fused-ring (bicyclic) bond motifs is 2. The number of benzene rings is 2. The topological polar surface area (TPSA) is 90.7 Å². The van der Waals surface area contributed by atoms with E-state index in [0.717, 1.165) is 37.2 Å². The van der Waals surface area contributed by atoms with E-state index in [9.17, 15) is 14.0 Å². The van der Waals surface area contributed by atoms with E-state index in [2.05, 4.69) is 15.8 Å². The zero-order valence-electron chi connectivity index (χ0n) is 18.6. The second-order valence-corrected chi connectivity index (χ2v) is 9.36. The Bertz CT molecular complexity index is 1060. The Labute approximate surface area is 193 Å². The maximum absolute atomic E-state index is 14.7. The minimum Gasteiger partial charge on any atom is -0.338 e. The van der Waals surface area contributed by atoms with Gasteiger partial charge in [0.2, 0.25) is 0 Å². The number of piperidine rings is 1. The van der Waals surface area contributed by atoms with Crippen molar-refractivity contribution in [3.05, 3.63) is 70.5 Å². The van der Waals surface area contributed by atoms with Crippen LogP contribution in [0.5, 0.6) is 0 Å². The number of hydrogen-bond acceptors (Lipinski definition) is 5. The third-order valence-electron chi connectivity index (χ3n) is 7.25. The molecule has 0 spiro atoms. The van der Waals surface area contributed by atoms with E-state index in [1.165, 1.54) is 6.07 Å². The minimum absolute atomic E-state index is 0.121. The van der Waals surface area contributed by atoms with E-state index in [0.29, 0.717) is 43.5 Å². The van der Waals surface area contributed by atoms with Crippen LogP contribution in [0.3, 0.4) is 0 Å². The van der Waals surface area contributed by atoms with Gasteiger partial charge in [-0.3, -0.25) is 15.0 Å². The summed E-state index contributed by atoms with van der Waals surface area (Å²) in [6.45, 7) is 4.84. The van der Waals surface area contributed by atoms with Crippen LogP contribution >= 0.6 is 0 Å². The summed E-state index contributed by atoms with van der Waals surface area (Å²) in [5.74, 6) is 0.108. The molecule has 2 fully saturated rings. The van der Waals surface area contributed by atoms with Crippen LogP contribution in [0.2, 0.25) is 0 Å². The number of halogens is 1. The highest BCUT2D eigenvalue weighted by molar-refractivity contribution is 5.96. The van der Waals surface area contributed by atoms with Crippen molar-refractivity contribution in [2.24, 2.45) is 17.6 Å². The van der Waals surface area contributed by atoms with Gasteiger partial charge in [-0.25, -0.2) is 9.82 Å². The number of carbonyl (C=O) groups is 2. The molecule has 174 valence electrons. The fourth-order valence-electron chi connectivity index (χ4n) is 5.55. The van der Waals surface area contributed by atoms with E-state index in [-0.39, 0.29) is 23.4 Å². The zero-order chi connectivity index (χ0) is 22.9. The van der Waals surface area contributed by atoms with Crippen LogP contribution < -0.4 is 16.6 Å². The van der Waals surface area contributed by atoms with Crippen molar-refractivity contribution in [3.8, 4) is 0 Å². The van der Waals surface area contributed by atoms with E-state index in [4.69, 9.17) is 5.73 Å². The maximum Gasteiger partial charge on any atom is 0.265 e. The molecule has 2 aromatic carbocycles. The molecule has 0 bridgehead atoms. The Balaban J connectivity index is 1.31. The first-order valence-corrected chi connectivity index (χ1v) is 11.7. The molecule has 2 aromatic rings. The van der Waals surface area contributed by atoms with E-state index in [1.54, 1.807) is 18.2 Å². The van der Waals surface area contributed by atoms with Crippen LogP contribution in [0.4, 0.5) is 4.39 Å². The second kappa shape index (κ2) is 9.21. The number of amides is 2. The molecule has 3 heterocycles. The SMILES string of the molecule is NCCN1CC2CCN(C(=O)c3cc(CC4NNC(=O)c5ccccc54)ccc3F)CC2C1. The molecule has 3 aliphatic rings. The largest absolute Gasteiger partial charge is 0.338 e. The summed E-state index contributed by atoms with van der Waals surface area (Å²) in [5.41, 5.74) is 13.9. The Kier molecular flexibility index (Phi) is 6.14. The van der Waals surface area contributed by atoms with Crippen LogP contribution in [0, 0.1) is 17.7 Å². The molecule has 3 aliphatic heterocycles. The fraction of sp³-hybridized carbons (Fsp3) is 0.440. The van der Waals surface area contributed by atoms with Gasteiger partial charge in [-0.15, -0.1) is 0 Å². The molecule has 3 atom stereocenters. The van der Waals surface area contributed by atoms with Crippen molar-refractivity contribution in [2.75, 3.05) is 39.3 Å². The van der Waals surface area contributed by atoms with Gasteiger partial charge in [0, 0.05) is 44.8 Å². The summed E-state index contributed by atoms with van der Waals surface area (Å²) in [6, 6.07) is 12.0. The lowest BCUT2D eigenvalue weighted by molar-refractivity contribution is 0.0637. The number of carbonyl (C=O) groups excluding carboxylic acids is 2. The van der Waals surface area contributed by atoms with E-state index in [1.807, 2.05) is 23.1 Å². The van der Waals surface area contributed by atoms with E-state index >= 15 is 0 Å². The average molecular weight is 452 g/mol. The molecule has 4 N–H and O–H groups in total. The minimum atomic E-state index is -0.493. The zero-order valence-corrected chi connectivity index (χ0v) is 18.6. The number of hydrazine groups is 1. The van der Waals surface area contributed by atoms with Crippen molar-refractivity contribution < 1.29 is 14.0 Å². The highest BCUT2D eigenvalue weighted by Gasteiger charge is 2.38. The van der Waals surface area contributed by atoms with Crippen molar-refractivity contribution in [2.45, 2.75) is 18.9 Å². The van der Waals surface area contributed by atoms with Gasteiger partial charge >= 0.3 is 0 Å². The number of rotatable bonds is 5. The summed E-state index contributed by atoms with van der Waals surface area (Å²) in [7, 11) is 0. The Morgan fingerprint density at radius 1 is 1.12 bits per heavy atom. The quantitative estimate of drug-likeness (QED) is 0.644. The van der Waals surface area contributed by atoms with Crippen molar-refractivity contribution >= 4 is 11.8 Å². The van der Waals surface area contributed by atoms with Crippen molar-refractivity contribution in [1.82, 2.24) is 20.7 Å². The molecule has 0 radical (unpaired) electrons. The Hall–Kier alpha value is -2.81. The lowest BCUT2D eigenvalue weighted by Crippen LogP contribution is -2.46. The van der Waals surface area contributed by atoms with Crippen LogP contribution in [0.15, 0.2) is 42.5 Å². The van der Waals surface area contributed by atoms with Crippen LogP contribution in [0.25, 0.3) is 0 Å². The van der Waals surface area contributed by atoms with Gasteiger partial charge in [0.25, 0.3) is 11.8 Å². The molecule has 2 saturated heterocycles. The highest BCUT2D eigenvalue weighted by Crippen LogP contribution is 2.32. The highest BCUT2D eigenvalue weighted by atomic mass is 19.1. The number of nitrogens with zero attached hydrogens (tertiary/aromatic N) is 2. The predicted octanol–water partition coefficient (Wildman–Crippen LogP) is 1.71. The maximum atomic E-state index is 14.7. The second-order valence-electron chi connectivity index (χ2n) is 9.36. The molecule has 7 nitrogen and oxygen atoms in total. The summed E-state index contributed by atoms with van der Waals surface area (Å²) in [6.07, 6.45) is 1.47.